The minimum atomic E-state index is -1.02. The smallest absolute Gasteiger partial charge is 0.344 e. The number of benzene rings is 1. The summed E-state index contributed by atoms with van der Waals surface area (Å²) in [5.41, 5.74) is 1.88. The molecule has 0 radical (unpaired) electrons. The van der Waals surface area contributed by atoms with Gasteiger partial charge in [-0.3, -0.25) is 0 Å². The average molecular weight is 275 g/mol. The molecule has 20 heavy (non-hydrogen) atoms. The molecule has 2 aromatic rings. The molecule has 0 aliphatic carbocycles. The lowest BCUT2D eigenvalue weighted by atomic mass is 10.1. The predicted molar refractivity (Wildman–Crippen MR) is 75.0 cm³/mol. The molecular weight excluding hydrogens is 258 g/mol. The fraction of sp³-hybridized carbons (Fsp3) is 0.333. The highest BCUT2D eigenvalue weighted by Crippen LogP contribution is 2.28. The van der Waals surface area contributed by atoms with Crippen LogP contribution in [0, 0.1) is 6.92 Å². The number of aliphatic carboxylic acids is 1. The largest absolute Gasteiger partial charge is 0.479 e. The van der Waals surface area contributed by atoms with E-state index in [2.05, 4.69) is 4.98 Å². The van der Waals surface area contributed by atoms with Crippen molar-refractivity contribution in [3.8, 4) is 5.75 Å². The number of carboxylic acid groups (broad SMARTS) is 1. The fourth-order valence-electron chi connectivity index (χ4n) is 2.14. The van der Waals surface area contributed by atoms with Gasteiger partial charge in [-0.15, -0.1) is 0 Å². The van der Waals surface area contributed by atoms with E-state index in [-0.39, 0.29) is 0 Å². The van der Waals surface area contributed by atoms with Crippen molar-refractivity contribution in [3.05, 3.63) is 30.0 Å². The zero-order valence-corrected chi connectivity index (χ0v) is 11.3. The van der Waals surface area contributed by atoms with Crippen LogP contribution in [0.4, 0.5) is 0 Å². The van der Waals surface area contributed by atoms with Gasteiger partial charge < -0.3 is 19.6 Å². The van der Waals surface area contributed by atoms with Crippen LogP contribution in [-0.4, -0.2) is 28.4 Å². The monoisotopic (exact) mass is 275 g/mol. The molecule has 5 heteroatoms. The van der Waals surface area contributed by atoms with E-state index in [1.54, 1.807) is 6.07 Å². The van der Waals surface area contributed by atoms with Crippen molar-refractivity contribution in [1.82, 2.24) is 4.98 Å². The number of para-hydroxylation sites is 1. The number of aryl methyl sites for hydroxylation is 1. The third kappa shape index (κ3) is 2.99. The highest BCUT2D eigenvalue weighted by molar-refractivity contribution is 5.88. The van der Waals surface area contributed by atoms with Gasteiger partial charge in [0.05, 0.1) is 5.52 Å². The van der Waals surface area contributed by atoms with Crippen molar-refractivity contribution < 1.29 is 19.4 Å². The summed E-state index contributed by atoms with van der Waals surface area (Å²) in [4.78, 5) is 24.6. The number of rotatable bonds is 7. The van der Waals surface area contributed by atoms with E-state index >= 15 is 0 Å². The van der Waals surface area contributed by atoms with E-state index in [0.717, 1.165) is 22.8 Å². The molecule has 0 aliphatic heterocycles. The summed E-state index contributed by atoms with van der Waals surface area (Å²) in [6.07, 6.45) is 2.86. The van der Waals surface area contributed by atoms with E-state index in [0.29, 0.717) is 25.0 Å². The van der Waals surface area contributed by atoms with Gasteiger partial charge in [0.25, 0.3) is 0 Å². The van der Waals surface area contributed by atoms with Crippen molar-refractivity contribution >= 4 is 23.2 Å². The first-order valence-electron chi connectivity index (χ1n) is 6.53. The Morgan fingerprint density at radius 2 is 2.30 bits per heavy atom. The van der Waals surface area contributed by atoms with Gasteiger partial charge >= 0.3 is 5.97 Å². The maximum Gasteiger partial charge on any atom is 0.344 e. The summed E-state index contributed by atoms with van der Waals surface area (Å²) in [7, 11) is 0. The van der Waals surface area contributed by atoms with Gasteiger partial charge in [0.2, 0.25) is 0 Å². The molecule has 0 bridgehead atoms. The Hall–Kier alpha value is -2.30. The van der Waals surface area contributed by atoms with Crippen molar-refractivity contribution in [2.24, 2.45) is 0 Å². The summed E-state index contributed by atoms with van der Waals surface area (Å²) in [6.45, 7) is 1.97. The van der Waals surface area contributed by atoms with Crippen molar-refractivity contribution in [2.45, 2.75) is 32.3 Å². The molecule has 1 aromatic carbocycles. The van der Waals surface area contributed by atoms with E-state index < -0.39 is 12.1 Å². The molecule has 1 aromatic heterocycles. The van der Waals surface area contributed by atoms with Gasteiger partial charge in [0, 0.05) is 18.0 Å². The summed E-state index contributed by atoms with van der Waals surface area (Å²) >= 11 is 0. The van der Waals surface area contributed by atoms with Crippen LogP contribution in [0.5, 0.6) is 5.75 Å². The number of hydrogen-bond acceptors (Lipinski definition) is 3. The van der Waals surface area contributed by atoms with E-state index in [4.69, 9.17) is 4.74 Å². The first kappa shape index (κ1) is 14.1. The van der Waals surface area contributed by atoms with E-state index in [1.807, 2.05) is 25.3 Å². The molecule has 0 saturated carbocycles. The van der Waals surface area contributed by atoms with Gasteiger partial charge in [0.1, 0.15) is 12.0 Å². The first-order chi connectivity index (χ1) is 9.63. The van der Waals surface area contributed by atoms with Crippen molar-refractivity contribution in [1.29, 1.82) is 0 Å². The van der Waals surface area contributed by atoms with Crippen molar-refractivity contribution in [2.75, 3.05) is 0 Å². The van der Waals surface area contributed by atoms with Crippen LogP contribution in [0.2, 0.25) is 0 Å². The maximum atomic E-state index is 11.2. The Labute approximate surface area is 116 Å². The van der Waals surface area contributed by atoms with Gasteiger partial charge in [-0.1, -0.05) is 12.1 Å². The molecule has 0 aliphatic rings. The molecular formula is C15H17NO4. The maximum absolute atomic E-state index is 11.2. The second kappa shape index (κ2) is 6.23. The number of carboxylic acids is 1. The topological polar surface area (TPSA) is 79.4 Å². The number of aldehydes is 1. The number of carbonyl (C=O) groups excluding carboxylic acids is 1. The zero-order chi connectivity index (χ0) is 14.5. The molecule has 0 spiro atoms. The third-order valence-electron chi connectivity index (χ3n) is 3.22. The van der Waals surface area contributed by atoms with Crippen LogP contribution in [0.25, 0.3) is 10.9 Å². The molecule has 0 saturated heterocycles. The van der Waals surface area contributed by atoms with Crippen LogP contribution in [0.15, 0.2) is 24.4 Å². The normalized spacial score (nSPS) is 12.2. The number of aromatic nitrogens is 1. The summed E-state index contributed by atoms with van der Waals surface area (Å²) in [5.74, 6) is -0.495. The number of ether oxygens (including phenoxy) is 1. The quantitative estimate of drug-likeness (QED) is 0.601. The lowest BCUT2D eigenvalue weighted by Gasteiger charge is -2.15. The van der Waals surface area contributed by atoms with Crippen molar-refractivity contribution in [3.63, 3.8) is 0 Å². The fourth-order valence-corrected chi connectivity index (χ4v) is 2.14. The van der Waals surface area contributed by atoms with E-state index in [9.17, 15) is 14.7 Å². The Morgan fingerprint density at radius 3 is 3.00 bits per heavy atom. The summed E-state index contributed by atoms with van der Waals surface area (Å²) < 4.78 is 5.60. The van der Waals surface area contributed by atoms with Crippen LogP contribution in [0.3, 0.4) is 0 Å². The number of nitrogens with one attached hydrogen (secondary N) is 1. The zero-order valence-electron chi connectivity index (χ0n) is 11.3. The number of unbranched alkanes of at least 4 members (excludes halogenated alkanes) is 1. The molecule has 0 fully saturated rings. The summed E-state index contributed by atoms with van der Waals surface area (Å²) in [5, 5.41) is 10.2. The number of H-pyrrole nitrogens is 1. The minimum Gasteiger partial charge on any atom is -0.479 e. The third-order valence-corrected chi connectivity index (χ3v) is 3.22. The number of hydrogen-bond donors (Lipinski definition) is 2. The standard InChI is InChI=1S/C15H17NO4/c1-10-9-16-14-11(10)5-4-7-12(14)20-13(15(18)19)6-2-3-8-17/h4-5,7-9,13,16H,2-3,6H2,1H3,(H,18,19). The minimum absolute atomic E-state index is 0.310. The molecule has 106 valence electrons. The average Bonchev–Trinajstić information content (AvgIpc) is 2.80. The SMILES string of the molecule is Cc1c[nH]c2c(OC(CCCC=O)C(=O)O)cccc12. The number of aromatic amines is 1. The van der Waals surface area contributed by atoms with Gasteiger partial charge in [-0.2, -0.15) is 0 Å². The lowest BCUT2D eigenvalue weighted by Crippen LogP contribution is -2.27. The van der Waals surface area contributed by atoms with Crippen LogP contribution < -0.4 is 4.74 Å². The molecule has 5 nitrogen and oxygen atoms in total. The van der Waals surface area contributed by atoms with Crippen LogP contribution in [0.1, 0.15) is 24.8 Å². The van der Waals surface area contributed by atoms with Crippen LogP contribution in [-0.2, 0) is 9.59 Å². The molecule has 1 heterocycles. The molecule has 1 unspecified atom stereocenters. The number of fused-ring (bicyclic) bond motifs is 1. The van der Waals surface area contributed by atoms with Gasteiger partial charge in [0.15, 0.2) is 6.10 Å². The highest BCUT2D eigenvalue weighted by atomic mass is 16.5. The predicted octanol–water partition coefficient (Wildman–Crippen LogP) is 2.68. The molecule has 1 atom stereocenters. The Balaban J connectivity index is 2.20. The second-order valence-corrected chi connectivity index (χ2v) is 4.69. The molecule has 2 N–H and O–H groups in total. The first-order valence-corrected chi connectivity index (χ1v) is 6.53. The van der Waals surface area contributed by atoms with Crippen LogP contribution >= 0.6 is 0 Å². The lowest BCUT2D eigenvalue weighted by molar-refractivity contribution is -0.145. The summed E-state index contributed by atoms with van der Waals surface area (Å²) in [6, 6.07) is 5.53. The highest BCUT2D eigenvalue weighted by Gasteiger charge is 2.20. The number of carbonyl (C=O) groups is 2. The molecule has 2 rings (SSSR count). The Kier molecular flexibility index (Phi) is 4.40. The van der Waals surface area contributed by atoms with Gasteiger partial charge in [-0.05, 0) is 31.4 Å². The molecule has 0 amide bonds. The van der Waals surface area contributed by atoms with Gasteiger partial charge in [-0.25, -0.2) is 4.79 Å². The Morgan fingerprint density at radius 1 is 1.50 bits per heavy atom. The van der Waals surface area contributed by atoms with E-state index in [1.165, 1.54) is 0 Å². The Bertz CT molecular complexity index is 617. The second-order valence-electron chi connectivity index (χ2n) is 4.69.